The van der Waals surface area contributed by atoms with Crippen molar-refractivity contribution in [1.82, 2.24) is 33.7 Å². The van der Waals surface area contributed by atoms with E-state index in [9.17, 15) is 9.59 Å². The number of carbonyl (C=O) groups is 2. The maximum absolute atomic E-state index is 13.8. The number of piperidine rings is 1. The Morgan fingerprint density at radius 2 is 1.87 bits per heavy atom. The number of ether oxygens (including phenoxy) is 1. The third kappa shape index (κ3) is 5.06. The number of carbonyl (C=O) groups excluding carboxylic acids is 2. The van der Waals surface area contributed by atoms with Crippen LogP contribution in [0.3, 0.4) is 0 Å². The number of amides is 2. The van der Waals surface area contributed by atoms with Gasteiger partial charge in [0.15, 0.2) is 5.82 Å². The van der Waals surface area contributed by atoms with Gasteiger partial charge < -0.3 is 23.7 Å². The SMILES string of the molecule is CC[C@@H]1CCCN(C(=O)c2cc(OC)c3c(c2)nc(-c2cc4cccc(C5CN(C(C)=O)C5)c4n2C)n3Cc2cnn(C)c2)C1. The van der Waals surface area contributed by atoms with Crippen LogP contribution in [-0.4, -0.2) is 78.8 Å². The Balaban J connectivity index is 1.36. The van der Waals surface area contributed by atoms with Crippen molar-refractivity contribution in [3.8, 4) is 17.3 Å². The van der Waals surface area contributed by atoms with Crippen LogP contribution in [0.1, 0.15) is 60.5 Å². The first-order valence-corrected chi connectivity index (χ1v) is 15.9. The monoisotopic (exact) mass is 607 g/mol. The van der Waals surface area contributed by atoms with Crippen molar-refractivity contribution < 1.29 is 14.3 Å². The van der Waals surface area contributed by atoms with Crippen molar-refractivity contribution in [3.05, 3.63) is 65.5 Å². The van der Waals surface area contributed by atoms with Crippen molar-refractivity contribution >= 4 is 33.8 Å². The van der Waals surface area contributed by atoms with Crippen LogP contribution in [0.5, 0.6) is 5.75 Å². The minimum absolute atomic E-state index is 0.0334. The first kappa shape index (κ1) is 29.1. The van der Waals surface area contributed by atoms with Crippen LogP contribution in [0.4, 0.5) is 0 Å². The number of hydrogen-bond donors (Lipinski definition) is 0. The van der Waals surface area contributed by atoms with Gasteiger partial charge in [0.05, 0.1) is 36.6 Å². The first-order chi connectivity index (χ1) is 21.7. The fourth-order valence-corrected chi connectivity index (χ4v) is 7.28. The van der Waals surface area contributed by atoms with Gasteiger partial charge in [-0.05, 0) is 42.5 Å². The third-order valence-corrected chi connectivity index (χ3v) is 9.84. The van der Waals surface area contributed by atoms with Crippen molar-refractivity contribution in [2.45, 2.75) is 45.6 Å². The van der Waals surface area contributed by atoms with Gasteiger partial charge in [0.25, 0.3) is 5.91 Å². The van der Waals surface area contributed by atoms with E-state index in [2.05, 4.69) is 52.5 Å². The number of para-hydroxylation sites is 1. The number of likely N-dealkylation sites (tertiary alicyclic amines) is 2. The fourth-order valence-electron chi connectivity index (χ4n) is 7.28. The summed E-state index contributed by atoms with van der Waals surface area (Å²) in [6, 6.07) is 12.4. The molecule has 0 spiro atoms. The zero-order valence-corrected chi connectivity index (χ0v) is 26.8. The smallest absolute Gasteiger partial charge is 0.254 e. The predicted octanol–water partition coefficient (Wildman–Crippen LogP) is 5.19. The minimum atomic E-state index is 0.0334. The van der Waals surface area contributed by atoms with E-state index in [-0.39, 0.29) is 11.8 Å². The molecule has 2 aromatic carbocycles. The molecule has 2 fully saturated rings. The minimum Gasteiger partial charge on any atom is -0.494 e. The molecule has 2 amide bonds. The Bertz CT molecular complexity index is 1930. The number of rotatable bonds is 7. The molecule has 0 bridgehead atoms. The van der Waals surface area contributed by atoms with E-state index in [0.717, 1.165) is 78.0 Å². The van der Waals surface area contributed by atoms with Gasteiger partial charge in [-0.15, -0.1) is 0 Å². The predicted molar refractivity (Wildman–Crippen MR) is 174 cm³/mol. The lowest BCUT2D eigenvalue weighted by Gasteiger charge is -2.39. The third-order valence-electron chi connectivity index (χ3n) is 9.84. The zero-order chi connectivity index (χ0) is 31.4. The second kappa shape index (κ2) is 11.4. The summed E-state index contributed by atoms with van der Waals surface area (Å²) in [4.78, 5) is 34.8. The lowest BCUT2D eigenvalue weighted by atomic mass is 9.90. The molecule has 0 N–H and O–H groups in total. The number of aryl methyl sites for hydroxylation is 2. The highest BCUT2D eigenvalue weighted by atomic mass is 16.5. The van der Waals surface area contributed by atoms with Gasteiger partial charge >= 0.3 is 0 Å². The van der Waals surface area contributed by atoms with E-state index in [0.29, 0.717) is 29.7 Å². The largest absolute Gasteiger partial charge is 0.494 e. The standard InChI is InChI=1S/C35H41N7O3/c1-6-23-9-8-12-40(18-23)35(44)26-13-29-33(31(15-26)45-5)42(19-24-16-36-38(3)17-24)34(37-29)30-14-25-10-7-11-28(32(25)39(30)4)27-20-41(21-27)22(2)43/h7,10-11,13-17,23,27H,6,8-9,12,18-21H2,1-5H3/t23-/m1/s1. The summed E-state index contributed by atoms with van der Waals surface area (Å²) in [5.74, 6) is 2.41. The molecule has 2 aliphatic heterocycles. The molecule has 10 nitrogen and oxygen atoms in total. The van der Waals surface area contributed by atoms with E-state index in [1.807, 2.05) is 41.4 Å². The summed E-state index contributed by atoms with van der Waals surface area (Å²) in [6.07, 6.45) is 7.17. The molecule has 2 aliphatic rings. The second-order valence-electron chi connectivity index (χ2n) is 12.8. The van der Waals surface area contributed by atoms with Crippen LogP contribution in [0, 0.1) is 5.92 Å². The maximum Gasteiger partial charge on any atom is 0.254 e. The van der Waals surface area contributed by atoms with E-state index in [1.165, 1.54) is 12.0 Å². The van der Waals surface area contributed by atoms with Crippen LogP contribution < -0.4 is 4.74 Å². The quantitative estimate of drug-likeness (QED) is 0.254. The molecule has 1 atom stereocenters. The van der Waals surface area contributed by atoms with Gasteiger partial charge in [-0.25, -0.2) is 4.98 Å². The van der Waals surface area contributed by atoms with E-state index in [1.54, 1.807) is 18.7 Å². The highest BCUT2D eigenvalue weighted by Gasteiger charge is 2.32. The first-order valence-electron chi connectivity index (χ1n) is 15.9. The number of benzene rings is 2. The summed E-state index contributed by atoms with van der Waals surface area (Å²) >= 11 is 0. The normalized spacial score (nSPS) is 17.3. The lowest BCUT2D eigenvalue weighted by molar-refractivity contribution is -0.133. The number of methoxy groups -OCH3 is 1. The van der Waals surface area contributed by atoms with Crippen molar-refractivity contribution in [2.75, 3.05) is 33.3 Å². The summed E-state index contributed by atoms with van der Waals surface area (Å²) < 4.78 is 12.2. The van der Waals surface area contributed by atoms with Crippen LogP contribution in [-0.2, 0) is 25.4 Å². The highest BCUT2D eigenvalue weighted by Crippen LogP contribution is 2.39. The molecule has 10 heteroatoms. The van der Waals surface area contributed by atoms with Crippen molar-refractivity contribution in [3.63, 3.8) is 0 Å². The molecule has 7 rings (SSSR count). The van der Waals surface area contributed by atoms with E-state index in [4.69, 9.17) is 9.72 Å². The van der Waals surface area contributed by atoms with Gasteiger partial charge in [-0.3, -0.25) is 14.3 Å². The molecule has 2 saturated heterocycles. The molecule has 0 radical (unpaired) electrons. The summed E-state index contributed by atoms with van der Waals surface area (Å²) in [5, 5.41) is 5.54. The molecule has 5 heterocycles. The van der Waals surface area contributed by atoms with Gasteiger partial charge in [-0.2, -0.15) is 5.10 Å². The van der Waals surface area contributed by atoms with Crippen LogP contribution in [0.25, 0.3) is 33.5 Å². The van der Waals surface area contributed by atoms with E-state index >= 15 is 0 Å². The van der Waals surface area contributed by atoms with Crippen molar-refractivity contribution in [1.29, 1.82) is 0 Å². The Hall–Kier alpha value is -4.60. The molecular weight excluding hydrogens is 566 g/mol. The summed E-state index contributed by atoms with van der Waals surface area (Å²) in [7, 11) is 5.66. The number of fused-ring (bicyclic) bond motifs is 2. The molecular formula is C35H41N7O3. The number of nitrogens with zero attached hydrogens (tertiary/aromatic N) is 7. The number of imidazole rings is 1. The van der Waals surface area contributed by atoms with Gasteiger partial charge in [-0.1, -0.05) is 31.5 Å². The Labute approximate surface area is 263 Å². The number of hydrogen-bond acceptors (Lipinski definition) is 5. The van der Waals surface area contributed by atoms with Gasteiger partial charge in [0.2, 0.25) is 5.91 Å². The van der Waals surface area contributed by atoms with Gasteiger partial charge in [0.1, 0.15) is 11.3 Å². The Kier molecular flexibility index (Phi) is 7.38. The molecule has 234 valence electrons. The maximum atomic E-state index is 13.8. The van der Waals surface area contributed by atoms with Crippen LogP contribution in [0.2, 0.25) is 0 Å². The summed E-state index contributed by atoms with van der Waals surface area (Å²) in [6.45, 7) is 7.41. The van der Waals surface area contributed by atoms with E-state index < -0.39 is 0 Å². The molecule has 0 saturated carbocycles. The zero-order valence-electron chi connectivity index (χ0n) is 26.8. The average Bonchev–Trinajstić information content (AvgIpc) is 3.70. The Morgan fingerprint density at radius 3 is 2.58 bits per heavy atom. The van der Waals surface area contributed by atoms with Crippen LogP contribution >= 0.6 is 0 Å². The van der Waals surface area contributed by atoms with Crippen LogP contribution in [0.15, 0.2) is 48.8 Å². The fraction of sp³-hybridized carbons (Fsp3) is 0.429. The molecule has 45 heavy (non-hydrogen) atoms. The number of aromatic nitrogens is 5. The lowest BCUT2D eigenvalue weighted by Crippen LogP contribution is -2.47. The molecule has 3 aromatic heterocycles. The topological polar surface area (TPSA) is 90.4 Å². The highest BCUT2D eigenvalue weighted by molar-refractivity contribution is 6.00. The average molecular weight is 608 g/mol. The summed E-state index contributed by atoms with van der Waals surface area (Å²) in [5.41, 5.74) is 6.58. The molecule has 0 unspecified atom stereocenters. The van der Waals surface area contributed by atoms with Gasteiger partial charge in [0, 0.05) is 75.8 Å². The van der Waals surface area contributed by atoms with Crippen molar-refractivity contribution in [2.24, 2.45) is 20.0 Å². The molecule has 0 aliphatic carbocycles. The molecule has 5 aromatic rings. The second-order valence-corrected chi connectivity index (χ2v) is 12.8. The Morgan fingerprint density at radius 1 is 1.04 bits per heavy atom.